The van der Waals surface area contributed by atoms with E-state index in [9.17, 15) is 23.1 Å². The van der Waals surface area contributed by atoms with Gasteiger partial charge in [-0.3, -0.25) is 0 Å². The number of carbonyl (C=O) groups excluding carboxylic acids is 1. The number of amides is 2. The summed E-state index contributed by atoms with van der Waals surface area (Å²) in [7, 11) is 0. The first-order valence-corrected chi connectivity index (χ1v) is 8.18. The fourth-order valence-electron chi connectivity index (χ4n) is 2.81. The normalized spacial score (nSPS) is 21.1. The van der Waals surface area contributed by atoms with Crippen LogP contribution in [0, 0.1) is 12.8 Å². The summed E-state index contributed by atoms with van der Waals surface area (Å²) in [5.41, 5.74) is 0.917. The molecule has 140 valence electrons. The number of aliphatic hydroxyl groups excluding tert-OH is 1. The van der Waals surface area contributed by atoms with Crippen LogP contribution in [-0.2, 0) is 0 Å². The van der Waals surface area contributed by atoms with Gasteiger partial charge in [0.05, 0.1) is 5.69 Å². The highest BCUT2D eigenvalue weighted by Crippen LogP contribution is 2.29. The zero-order valence-electron chi connectivity index (χ0n) is 14.3. The number of anilines is 1. The molecule has 1 aromatic rings. The van der Waals surface area contributed by atoms with E-state index >= 15 is 0 Å². The number of likely N-dealkylation sites (tertiary alicyclic amines) is 1. The largest absolute Gasteiger partial charge is 0.482 e. The highest BCUT2D eigenvalue weighted by atomic mass is 19.4. The Morgan fingerprint density at radius 2 is 2.12 bits per heavy atom. The van der Waals surface area contributed by atoms with E-state index in [1.165, 1.54) is 12.1 Å². The van der Waals surface area contributed by atoms with Crippen molar-refractivity contribution < 1.29 is 27.8 Å². The Balaban J connectivity index is 2.11. The van der Waals surface area contributed by atoms with Crippen molar-refractivity contribution in [3.05, 3.63) is 23.8 Å². The van der Waals surface area contributed by atoms with Crippen molar-refractivity contribution in [3.63, 3.8) is 0 Å². The quantitative estimate of drug-likeness (QED) is 0.863. The number of aliphatic hydroxyl groups is 1. The number of hydrogen-bond donors (Lipinski definition) is 2. The van der Waals surface area contributed by atoms with Crippen LogP contribution in [0.4, 0.5) is 23.7 Å². The van der Waals surface area contributed by atoms with Crippen molar-refractivity contribution in [2.75, 3.05) is 25.1 Å². The highest BCUT2D eigenvalue weighted by Gasteiger charge is 2.30. The van der Waals surface area contributed by atoms with Crippen LogP contribution in [-0.4, -0.2) is 48.0 Å². The first-order chi connectivity index (χ1) is 11.7. The zero-order valence-corrected chi connectivity index (χ0v) is 14.3. The van der Waals surface area contributed by atoms with Gasteiger partial charge in [0, 0.05) is 19.2 Å². The fraction of sp³-hybridized carbons (Fsp3) is 0.588. The highest BCUT2D eigenvalue weighted by molar-refractivity contribution is 5.91. The number of alkyl halides is 3. The Hall–Kier alpha value is -1.96. The van der Waals surface area contributed by atoms with Crippen molar-refractivity contribution >= 4 is 11.7 Å². The Morgan fingerprint density at radius 1 is 1.40 bits per heavy atom. The van der Waals surface area contributed by atoms with Crippen molar-refractivity contribution in [2.45, 2.75) is 38.9 Å². The third kappa shape index (κ3) is 5.52. The van der Waals surface area contributed by atoms with Gasteiger partial charge < -0.3 is 20.1 Å². The van der Waals surface area contributed by atoms with Gasteiger partial charge in [0.1, 0.15) is 5.75 Å². The van der Waals surface area contributed by atoms with Crippen LogP contribution in [0.3, 0.4) is 0 Å². The van der Waals surface area contributed by atoms with Crippen molar-refractivity contribution in [1.82, 2.24) is 4.90 Å². The fourth-order valence-corrected chi connectivity index (χ4v) is 2.81. The molecule has 0 bridgehead atoms. The minimum Gasteiger partial charge on any atom is -0.482 e. The van der Waals surface area contributed by atoms with E-state index in [1.807, 2.05) is 6.92 Å². The summed E-state index contributed by atoms with van der Waals surface area (Å²) >= 11 is 0. The van der Waals surface area contributed by atoms with Crippen LogP contribution >= 0.6 is 0 Å². The third-order valence-corrected chi connectivity index (χ3v) is 4.27. The number of rotatable bonds is 4. The molecule has 0 spiro atoms. The number of urea groups is 1. The predicted molar refractivity (Wildman–Crippen MR) is 87.7 cm³/mol. The van der Waals surface area contributed by atoms with Crippen molar-refractivity contribution in [2.24, 2.45) is 5.92 Å². The Labute approximate surface area is 144 Å². The van der Waals surface area contributed by atoms with Gasteiger partial charge in [-0.15, -0.1) is 0 Å². The monoisotopic (exact) mass is 360 g/mol. The molecular formula is C17H23F3N2O3. The van der Waals surface area contributed by atoms with E-state index in [4.69, 9.17) is 4.74 Å². The predicted octanol–water partition coefficient (Wildman–Crippen LogP) is 3.56. The molecule has 2 atom stereocenters. The minimum atomic E-state index is -4.46. The molecular weight excluding hydrogens is 337 g/mol. The lowest BCUT2D eigenvalue weighted by atomic mass is 9.94. The molecule has 1 fully saturated rings. The van der Waals surface area contributed by atoms with E-state index < -0.39 is 18.8 Å². The van der Waals surface area contributed by atoms with Crippen LogP contribution < -0.4 is 10.1 Å². The second-order valence-electron chi connectivity index (χ2n) is 6.46. The van der Waals surface area contributed by atoms with Gasteiger partial charge >= 0.3 is 12.2 Å². The maximum atomic E-state index is 12.5. The lowest BCUT2D eigenvalue weighted by Crippen LogP contribution is -2.48. The molecule has 5 nitrogen and oxygen atoms in total. The van der Waals surface area contributed by atoms with E-state index in [2.05, 4.69) is 5.32 Å². The number of aryl methyl sites for hydroxylation is 1. The van der Waals surface area contributed by atoms with E-state index in [-0.39, 0.29) is 30.0 Å². The third-order valence-electron chi connectivity index (χ3n) is 4.27. The molecule has 25 heavy (non-hydrogen) atoms. The van der Waals surface area contributed by atoms with E-state index in [1.54, 1.807) is 17.9 Å². The molecule has 0 unspecified atom stereocenters. The maximum absolute atomic E-state index is 12.5. The molecule has 1 saturated heterocycles. The van der Waals surface area contributed by atoms with E-state index in [0.29, 0.717) is 6.54 Å². The maximum Gasteiger partial charge on any atom is 0.422 e. The van der Waals surface area contributed by atoms with E-state index in [0.717, 1.165) is 18.4 Å². The van der Waals surface area contributed by atoms with Gasteiger partial charge in [0.25, 0.3) is 0 Å². The smallest absolute Gasteiger partial charge is 0.422 e. The van der Waals surface area contributed by atoms with Gasteiger partial charge in [-0.1, -0.05) is 6.07 Å². The number of benzene rings is 1. The van der Waals surface area contributed by atoms with Crippen LogP contribution in [0.2, 0.25) is 0 Å². The molecule has 2 amide bonds. The second-order valence-corrected chi connectivity index (χ2v) is 6.46. The number of carbonyl (C=O) groups is 1. The topological polar surface area (TPSA) is 61.8 Å². The molecule has 1 aromatic carbocycles. The zero-order chi connectivity index (χ0) is 18.6. The molecule has 8 heteroatoms. The lowest BCUT2D eigenvalue weighted by molar-refractivity contribution is -0.153. The molecule has 0 saturated carbocycles. The molecule has 2 N–H and O–H groups in total. The molecule has 0 radical (unpaired) electrons. The molecule has 2 rings (SSSR count). The summed E-state index contributed by atoms with van der Waals surface area (Å²) in [6.07, 6.45) is -2.85. The Bertz CT molecular complexity index is 607. The average Bonchev–Trinajstić information content (AvgIpc) is 2.54. The van der Waals surface area contributed by atoms with Crippen LogP contribution in [0.1, 0.15) is 25.3 Å². The first-order valence-electron chi connectivity index (χ1n) is 8.18. The number of halogens is 3. The van der Waals surface area contributed by atoms with Crippen LogP contribution in [0.25, 0.3) is 0 Å². The molecule has 1 heterocycles. The average molecular weight is 360 g/mol. The summed E-state index contributed by atoms with van der Waals surface area (Å²) in [5, 5.41) is 11.9. The number of hydrogen-bond acceptors (Lipinski definition) is 3. The Morgan fingerprint density at radius 3 is 2.76 bits per heavy atom. The van der Waals surface area contributed by atoms with Gasteiger partial charge in [-0.25, -0.2) is 4.79 Å². The second kappa shape index (κ2) is 7.95. The summed E-state index contributed by atoms with van der Waals surface area (Å²) in [5.74, 6) is -0.00466. The van der Waals surface area contributed by atoms with Gasteiger partial charge in [0.15, 0.2) is 6.61 Å². The lowest BCUT2D eigenvalue weighted by Gasteiger charge is -2.37. The minimum absolute atomic E-state index is 0.000968. The standard InChI is InChI=1S/C17H23F3N2O3/c1-11-3-6-14(15(7-11)25-10-17(18,19)20)21-16(24)22-8-13(9-23)5-4-12(22)2/h3,6-7,12-13,23H,4-5,8-10H2,1-2H3,(H,21,24)/t12-,13-/m0/s1. The number of nitrogens with zero attached hydrogens (tertiary/aromatic N) is 1. The van der Waals surface area contributed by atoms with Gasteiger partial charge in [-0.2, -0.15) is 13.2 Å². The van der Waals surface area contributed by atoms with Gasteiger partial charge in [0.2, 0.25) is 0 Å². The number of ether oxygens (including phenoxy) is 1. The molecule has 1 aliphatic rings. The first kappa shape index (κ1) is 19.4. The summed E-state index contributed by atoms with van der Waals surface area (Å²) in [4.78, 5) is 14.1. The van der Waals surface area contributed by atoms with Crippen molar-refractivity contribution in [3.8, 4) is 5.75 Å². The summed E-state index contributed by atoms with van der Waals surface area (Å²) < 4.78 is 42.1. The van der Waals surface area contributed by atoms with Crippen LogP contribution in [0.5, 0.6) is 5.75 Å². The SMILES string of the molecule is Cc1ccc(NC(=O)N2C[C@@H](CO)CC[C@@H]2C)c(OCC(F)(F)F)c1. The van der Waals surface area contributed by atoms with Crippen molar-refractivity contribution in [1.29, 1.82) is 0 Å². The summed E-state index contributed by atoms with van der Waals surface area (Å²) in [6, 6.07) is 4.25. The molecule has 0 aromatic heterocycles. The van der Waals surface area contributed by atoms with Gasteiger partial charge in [-0.05, 0) is 50.3 Å². The molecule has 0 aliphatic carbocycles. The number of nitrogens with one attached hydrogen (secondary N) is 1. The number of piperidine rings is 1. The summed E-state index contributed by atoms with van der Waals surface area (Å²) in [6.45, 7) is 2.62. The Kier molecular flexibility index (Phi) is 6.16. The molecule has 1 aliphatic heterocycles. The van der Waals surface area contributed by atoms with Crippen LogP contribution in [0.15, 0.2) is 18.2 Å².